The van der Waals surface area contributed by atoms with Crippen LogP contribution in [0.2, 0.25) is 0 Å². The smallest absolute Gasteiger partial charge is 0.335 e. The standard InChI is InChI=1S/C21H25NO2S/c1-19(2)9-10-20(3,4)16-15(19)22-18(25-16)21(11-12-21)14-7-5-13(6-8-14)17(23)24/h5-8H,9-12H2,1-4H3,(H,23,24). The Labute approximate surface area is 153 Å². The molecule has 4 heteroatoms. The minimum atomic E-state index is -0.871. The number of aromatic carboxylic acids is 1. The Morgan fingerprint density at radius 2 is 1.60 bits per heavy atom. The zero-order chi connectivity index (χ0) is 18.0. The SMILES string of the molecule is CC1(C)CCC(C)(C)c2sc(C3(c4ccc(C(=O)O)cc4)CC3)nc21. The van der Waals surface area contributed by atoms with E-state index in [-0.39, 0.29) is 16.2 Å². The van der Waals surface area contributed by atoms with Gasteiger partial charge in [0.05, 0.1) is 11.3 Å². The summed E-state index contributed by atoms with van der Waals surface area (Å²) in [6.07, 6.45) is 4.59. The van der Waals surface area contributed by atoms with E-state index in [0.29, 0.717) is 5.56 Å². The van der Waals surface area contributed by atoms with Crippen LogP contribution in [0.25, 0.3) is 0 Å². The third-order valence-corrected chi connectivity index (χ3v) is 7.73. The van der Waals surface area contributed by atoms with Crippen molar-refractivity contribution in [3.63, 3.8) is 0 Å². The zero-order valence-electron chi connectivity index (χ0n) is 15.3. The van der Waals surface area contributed by atoms with Crippen molar-refractivity contribution in [2.75, 3.05) is 0 Å². The van der Waals surface area contributed by atoms with E-state index >= 15 is 0 Å². The number of nitrogens with zero attached hydrogens (tertiary/aromatic N) is 1. The number of rotatable bonds is 3. The van der Waals surface area contributed by atoms with Crippen molar-refractivity contribution in [1.29, 1.82) is 0 Å². The van der Waals surface area contributed by atoms with Crippen molar-refractivity contribution in [2.24, 2.45) is 0 Å². The lowest BCUT2D eigenvalue weighted by Gasteiger charge is -2.37. The van der Waals surface area contributed by atoms with E-state index < -0.39 is 5.97 Å². The highest BCUT2D eigenvalue weighted by atomic mass is 32.1. The minimum absolute atomic E-state index is 0.00516. The first kappa shape index (κ1) is 16.8. The maximum absolute atomic E-state index is 11.1. The Morgan fingerprint density at radius 3 is 2.12 bits per heavy atom. The average Bonchev–Trinajstić information content (AvgIpc) is 3.22. The molecule has 4 rings (SSSR count). The summed E-state index contributed by atoms with van der Waals surface area (Å²) in [7, 11) is 0. The molecule has 2 aromatic rings. The fraction of sp³-hybridized carbons (Fsp3) is 0.524. The third kappa shape index (κ3) is 2.53. The van der Waals surface area contributed by atoms with Crippen LogP contribution in [0.4, 0.5) is 0 Å². The summed E-state index contributed by atoms with van der Waals surface area (Å²) < 4.78 is 0. The van der Waals surface area contributed by atoms with Gasteiger partial charge in [0.2, 0.25) is 0 Å². The number of aromatic nitrogens is 1. The summed E-state index contributed by atoms with van der Waals surface area (Å²) in [5, 5.41) is 10.4. The molecule has 2 aliphatic carbocycles. The molecule has 0 amide bonds. The fourth-order valence-corrected chi connectivity index (χ4v) is 5.63. The summed E-state index contributed by atoms with van der Waals surface area (Å²) in [5.74, 6) is -0.871. The van der Waals surface area contributed by atoms with Crippen molar-refractivity contribution >= 4 is 17.3 Å². The first-order valence-corrected chi connectivity index (χ1v) is 9.84. The van der Waals surface area contributed by atoms with Crippen molar-refractivity contribution in [3.8, 4) is 0 Å². The number of carboxylic acids is 1. The minimum Gasteiger partial charge on any atom is -0.478 e. The average molecular weight is 356 g/mol. The number of hydrogen-bond donors (Lipinski definition) is 1. The molecule has 3 nitrogen and oxygen atoms in total. The monoisotopic (exact) mass is 355 g/mol. The second kappa shape index (κ2) is 5.16. The molecule has 0 aliphatic heterocycles. The molecule has 0 radical (unpaired) electrons. The summed E-state index contributed by atoms with van der Waals surface area (Å²) >= 11 is 1.89. The first-order valence-electron chi connectivity index (χ1n) is 9.02. The van der Waals surface area contributed by atoms with Gasteiger partial charge in [-0.25, -0.2) is 9.78 Å². The molecule has 2 aliphatic rings. The van der Waals surface area contributed by atoms with Gasteiger partial charge in [-0.1, -0.05) is 39.8 Å². The van der Waals surface area contributed by atoms with Gasteiger partial charge >= 0.3 is 5.97 Å². The number of hydrogen-bond acceptors (Lipinski definition) is 3. The van der Waals surface area contributed by atoms with E-state index in [1.807, 2.05) is 23.5 Å². The topological polar surface area (TPSA) is 50.2 Å². The molecule has 1 heterocycles. The van der Waals surface area contributed by atoms with Gasteiger partial charge in [0.1, 0.15) is 5.01 Å². The molecule has 1 aromatic carbocycles. The van der Waals surface area contributed by atoms with E-state index in [1.165, 1.54) is 34.0 Å². The van der Waals surface area contributed by atoms with E-state index in [2.05, 4.69) is 27.7 Å². The van der Waals surface area contributed by atoms with Crippen molar-refractivity contribution in [2.45, 2.75) is 69.6 Å². The van der Waals surface area contributed by atoms with Crippen LogP contribution in [0.15, 0.2) is 24.3 Å². The number of fused-ring (bicyclic) bond motifs is 1. The molecule has 132 valence electrons. The molecule has 1 saturated carbocycles. The van der Waals surface area contributed by atoms with Crippen molar-refractivity contribution in [1.82, 2.24) is 4.98 Å². The molecule has 1 N–H and O–H groups in total. The van der Waals surface area contributed by atoms with Crippen LogP contribution in [-0.2, 0) is 16.2 Å². The number of carbonyl (C=O) groups is 1. The van der Waals surface area contributed by atoms with Crippen LogP contribution in [0, 0.1) is 0 Å². The maximum atomic E-state index is 11.1. The van der Waals surface area contributed by atoms with Crippen LogP contribution in [-0.4, -0.2) is 16.1 Å². The summed E-state index contributed by atoms with van der Waals surface area (Å²) in [6, 6.07) is 7.40. The van der Waals surface area contributed by atoms with E-state index in [0.717, 1.165) is 12.8 Å². The Hall–Kier alpha value is -1.68. The predicted octanol–water partition coefficient (Wildman–Crippen LogP) is 5.27. The molecule has 0 unspecified atom stereocenters. The fourth-order valence-electron chi connectivity index (χ4n) is 3.98. The van der Waals surface area contributed by atoms with Gasteiger partial charge in [0, 0.05) is 21.1 Å². The van der Waals surface area contributed by atoms with Gasteiger partial charge < -0.3 is 5.11 Å². The predicted molar refractivity (Wildman–Crippen MR) is 101 cm³/mol. The van der Waals surface area contributed by atoms with Crippen LogP contribution >= 0.6 is 11.3 Å². The third-order valence-electron chi connectivity index (χ3n) is 6.10. The Bertz CT molecular complexity index is 808. The van der Waals surface area contributed by atoms with Crippen LogP contribution < -0.4 is 0 Å². The Balaban J connectivity index is 1.78. The molecule has 25 heavy (non-hydrogen) atoms. The van der Waals surface area contributed by atoms with E-state index in [4.69, 9.17) is 10.1 Å². The highest BCUT2D eigenvalue weighted by molar-refractivity contribution is 7.12. The second-order valence-electron chi connectivity index (χ2n) is 8.93. The normalized spacial score (nSPS) is 22.2. The Kier molecular flexibility index (Phi) is 3.46. The summed E-state index contributed by atoms with van der Waals surface area (Å²) in [4.78, 5) is 17.7. The van der Waals surface area contributed by atoms with Gasteiger partial charge in [-0.3, -0.25) is 0 Å². The largest absolute Gasteiger partial charge is 0.478 e. The number of thiazole rings is 1. The molecule has 1 aromatic heterocycles. The lowest BCUT2D eigenvalue weighted by molar-refractivity contribution is 0.0697. The van der Waals surface area contributed by atoms with Crippen LogP contribution in [0.3, 0.4) is 0 Å². The molecule has 0 bridgehead atoms. The van der Waals surface area contributed by atoms with Gasteiger partial charge in [0.25, 0.3) is 0 Å². The van der Waals surface area contributed by atoms with Gasteiger partial charge in [-0.2, -0.15) is 0 Å². The lowest BCUT2D eigenvalue weighted by Crippen LogP contribution is -2.32. The summed E-state index contributed by atoms with van der Waals surface area (Å²) in [6.45, 7) is 9.30. The molecular weight excluding hydrogens is 330 g/mol. The highest BCUT2D eigenvalue weighted by Crippen LogP contribution is 2.58. The second-order valence-corrected chi connectivity index (χ2v) is 9.93. The van der Waals surface area contributed by atoms with Crippen LogP contribution in [0.1, 0.15) is 84.9 Å². The van der Waals surface area contributed by atoms with Crippen molar-refractivity contribution in [3.05, 3.63) is 51.0 Å². The molecule has 0 spiro atoms. The number of benzene rings is 1. The molecule has 1 fully saturated rings. The van der Waals surface area contributed by atoms with Gasteiger partial charge in [0.15, 0.2) is 0 Å². The maximum Gasteiger partial charge on any atom is 0.335 e. The van der Waals surface area contributed by atoms with E-state index in [9.17, 15) is 4.79 Å². The van der Waals surface area contributed by atoms with Crippen molar-refractivity contribution < 1.29 is 9.90 Å². The Morgan fingerprint density at radius 1 is 1.00 bits per heavy atom. The molecule has 0 atom stereocenters. The molecule has 0 saturated heterocycles. The summed E-state index contributed by atoms with van der Waals surface area (Å²) in [5.41, 5.74) is 3.19. The first-order chi connectivity index (χ1) is 11.7. The molecular formula is C21H25NO2S. The highest BCUT2D eigenvalue weighted by Gasteiger charge is 2.51. The lowest BCUT2D eigenvalue weighted by atomic mass is 9.69. The van der Waals surface area contributed by atoms with Gasteiger partial charge in [-0.15, -0.1) is 11.3 Å². The van der Waals surface area contributed by atoms with E-state index in [1.54, 1.807) is 12.1 Å². The zero-order valence-corrected chi connectivity index (χ0v) is 16.2. The van der Waals surface area contributed by atoms with Crippen LogP contribution in [0.5, 0.6) is 0 Å². The van der Waals surface area contributed by atoms with Gasteiger partial charge in [-0.05, 0) is 43.4 Å². The quantitative estimate of drug-likeness (QED) is 0.816. The number of carboxylic acid groups (broad SMARTS) is 1.